The first kappa shape index (κ1) is 13.6. The lowest BCUT2D eigenvalue weighted by molar-refractivity contribution is -0.127. The van der Waals surface area contributed by atoms with Gasteiger partial charge >= 0.3 is 5.69 Å². The Morgan fingerprint density at radius 2 is 2.17 bits per heavy atom. The predicted octanol–water partition coefficient (Wildman–Crippen LogP) is -3.50. The molecule has 5 N–H and O–H groups in total. The standard InChI is InChI=1S/C9H12N4O5/c10-8(17)5(14)3-11-7(16)4-13-2-1-6(15)12-9(13)18/h1-2,5,14H,3-4H2,(H2,10,17)(H,11,16)(H,12,15,18). The molecule has 1 heterocycles. The summed E-state index contributed by atoms with van der Waals surface area (Å²) in [6, 6.07) is 1.09. The van der Waals surface area contributed by atoms with Crippen molar-refractivity contribution in [1.82, 2.24) is 14.9 Å². The molecule has 0 bridgehead atoms. The summed E-state index contributed by atoms with van der Waals surface area (Å²) < 4.78 is 0.966. The van der Waals surface area contributed by atoms with Gasteiger partial charge in [0.25, 0.3) is 5.56 Å². The largest absolute Gasteiger partial charge is 0.381 e. The monoisotopic (exact) mass is 256 g/mol. The highest BCUT2D eigenvalue weighted by atomic mass is 16.3. The third-order valence-electron chi connectivity index (χ3n) is 2.03. The van der Waals surface area contributed by atoms with Gasteiger partial charge in [0.05, 0.1) is 6.54 Å². The van der Waals surface area contributed by atoms with E-state index in [0.29, 0.717) is 0 Å². The van der Waals surface area contributed by atoms with Crippen LogP contribution in [0.3, 0.4) is 0 Å². The summed E-state index contributed by atoms with van der Waals surface area (Å²) in [5.74, 6) is -1.57. The summed E-state index contributed by atoms with van der Waals surface area (Å²) in [5, 5.41) is 11.2. The van der Waals surface area contributed by atoms with Crippen LogP contribution in [0.2, 0.25) is 0 Å². The Morgan fingerprint density at radius 3 is 2.72 bits per heavy atom. The number of primary amides is 1. The Hall–Kier alpha value is -2.42. The lowest BCUT2D eigenvalue weighted by atomic mass is 10.3. The van der Waals surface area contributed by atoms with E-state index in [2.05, 4.69) is 5.32 Å². The quantitative estimate of drug-likeness (QED) is 0.431. The molecular formula is C9H12N4O5. The average molecular weight is 256 g/mol. The molecule has 0 aliphatic rings. The highest BCUT2D eigenvalue weighted by molar-refractivity contribution is 5.80. The van der Waals surface area contributed by atoms with Crippen LogP contribution in [0.4, 0.5) is 0 Å². The number of aromatic nitrogens is 2. The number of carbonyl (C=O) groups is 2. The zero-order valence-electron chi connectivity index (χ0n) is 9.25. The summed E-state index contributed by atoms with van der Waals surface area (Å²) in [5.41, 5.74) is 3.48. The number of hydrogen-bond acceptors (Lipinski definition) is 5. The molecule has 9 nitrogen and oxygen atoms in total. The molecule has 1 aromatic rings. The van der Waals surface area contributed by atoms with Gasteiger partial charge in [-0.15, -0.1) is 0 Å². The number of rotatable bonds is 5. The van der Waals surface area contributed by atoms with Gasteiger partial charge in [0.2, 0.25) is 11.8 Å². The highest BCUT2D eigenvalue weighted by Gasteiger charge is 2.12. The Kier molecular flexibility index (Phi) is 4.38. The highest BCUT2D eigenvalue weighted by Crippen LogP contribution is 1.81. The summed E-state index contributed by atoms with van der Waals surface area (Å²) in [6.45, 7) is -0.687. The number of amides is 2. The van der Waals surface area contributed by atoms with Crippen LogP contribution < -0.4 is 22.3 Å². The fraction of sp³-hybridized carbons (Fsp3) is 0.333. The summed E-state index contributed by atoms with van der Waals surface area (Å²) in [4.78, 5) is 45.8. The molecule has 98 valence electrons. The van der Waals surface area contributed by atoms with E-state index in [4.69, 9.17) is 10.8 Å². The van der Waals surface area contributed by atoms with Gasteiger partial charge in [-0.1, -0.05) is 0 Å². The molecule has 1 rings (SSSR count). The minimum Gasteiger partial charge on any atom is -0.381 e. The van der Waals surface area contributed by atoms with Crippen molar-refractivity contribution in [2.75, 3.05) is 6.54 Å². The van der Waals surface area contributed by atoms with E-state index < -0.39 is 29.2 Å². The third kappa shape index (κ3) is 3.87. The van der Waals surface area contributed by atoms with Crippen molar-refractivity contribution in [3.63, 3.8) is 0 Å². The smallest absolute Gasteiger partial charge is 0.328 e. The van der Waals surface area contributed by atoms with Crippen molar-refractivity contribution in [2.24, 2.45) is 5.73 Å². The van der Waals surface area contributed by atoms with Gasteiger partial charge in [-0.25, -0.2) is 4.79 Å². The Bertz CT molecular complexity index is 561. The lowest BCUT2D eigenvalue weighted by Gasteiger charge is -2.09. The van der Waals surface area contributed by atoms with Crippen LogP contribution in [-0.4, -0.2) is 39.1 Å². The second-order valence-electron chi connectivity index (χ2n) is 3.46. The van der Waals surface area contributed by atoms with Crippen molar-refractivity contribution < 1.29 is 14.7 Å². The van der Waals surface area contributed by atoms with E-state index in [1.165, 1.54) is 0 Å². The van der Waals surface area contributed by atoms with Crippen LogP contribution in [0.1, 0.15) is 0 Å². The predicted molar refractivity (Wildman–Crippen MR) is 59.5 cm³/mol. The maximum atomic E-state index is 11.4. The molecule has 0 spiro atoms. The van der Waals surface area contributed by atoms with E-state index in [9.17, 15) is 19.2 Å². The SMILES string of the molecule is NC(=O)C(O)CNC(=O)Cn1ccc(=O)[nH]c1=O. The van der Waals surface area contributed by atoms with Crippen molar-refractivity contribution in [3.8, 4) is 0 Å². The summed E-state index contributed by atoms with van der Waals surface area (Å²) in [6.07, 6.45) is -0.327. The number of nitrogens with zero attached hydrogens (tertiary/aromatic N) is 1. The van der Waals surface area contributed by atoms with Crippen molar-refractivity contribution in [3.05, 3.63) is 33.1 Å². The first-order chi connectivity index (χ1) is 8.40. The first-order valence-electron chi connectivity index (χ1n) is 4.94. The molecule has 1 atom stereocenters. The van der Waals surface area contributed by atoms with Gasteiger partial charge in [0.1, 0.15) is 12.6 Å². The Labute approximate surface area is 100 Å². The molecule has 1 aromatic heterocycles. The van der Waals surface area contributed by atoms with Gasteiger partial charge in [0, 0.05) is 12.3 Å². The summed E-state index contributed by atoms with van der Waals surface area (Å²) in [7, 11) is 0. The molecule has 0 saturated carbocycles. The van der Waals surface area contributed by atoms with Crippen LogP contribution >= 0.6 is 0 Å². The Morgan fingerprint density at radius 1 is 1.50 bits per heavy atom. The normalized spacial score (nSPS) is 11.8. The fourth-order valence-electron chi connectivity index (χ4n) is 1.09. The lowest BCUT2D eigenvalue weighted by Crippen LogP contribution is -2.42. The van der Waals surface area contributed by atoms with Gasteiger partial charge in [-0.05, 0) is 0 Å². The molecule has 18 heavy (non-hydrogen) atoms. The number of aliphatic hydroxyl groups is 1. The topological polar surface area (TPSA) is 147 Å². The summed E-state index contributed by atoms with van der Waals surface area (Å²) >= 11 is 0. The average Bonchev–Trinajstić information content (AvgIpc) is 2.29. The van der Waals surface area contributed by atoms with E-state index in [1.54, 1.807) is 0 Å². The fourth-order valence-corrected chi connectivity index (χ4v) is 1.09. The molecule has 2 amide bonds. The van der Waals surface area contributed by atoms with Gasteiger partial charge in [0.15, 0.2) is 0 Å². The maximum Gasteiger partial charge on any atom is 0.328 e. The Balaban J connectivity index is 2.57. The zero-order chi connectivity index (χ0) is 13.7. The van der Waals surface area contributed by atoms with Crippen LogP contribution in [0.15, 0.2) is 21.9 Å². The van der Waals surface area contributed by atoms with E-state index in [-0.39, 0.29) is 13.1 Å². The number of aliphatic hydroxyl groups excluding tert-OH is 1. The second kappa shape index (κ2) is 5.77. The number of carbonyl (C=O) groups excluding carboxylic acids is 2. The molecule has 0 radical (unpaired) electrons. The minimum atomic E-state index is -1.48. The van der Waals surface area contributed by atoms with Gasteiger partial charge in [-0.2, -0.15) is 0 Å². The zero-order valence-corrected chi connectivity index (χ0v) is 9.25. The van der Waals surface area contributed by atoms with Gasteiger partial charge < -0.3 is 16.2 Å². The molecular weight excluding hydrogens is 244 g/mol. The van der Waals surface area contributed by atoms with Crippen molar-refractivity contribution in [2.45, 2.75) is 12.6 Å². The molecule has 1 unspecified atom stereocenters. The van der Waals surface area contributed by atoms with Crippen LogP contribution in [0.5, 0.6) is 0 Å². The molecule has 0 fully saturated rings. The molecule has 9 heteroatoms. The van der Waals surface area contributed by atoms with Gasteiger partial charge in [-0.3, -0.25) is 23.9 Å². The molecule has 0 aliphatic carbocycles. The van der Waals surface area contributed by atoms with Crippen molar-refractivity contribution >= 4 is 11.8 Å². The second-order valence-corrected chi connectivity index (χ2v) is 3.46. The van der Waals surface area contributed by atoms with E-state index in [0.717, 1.165) is 16.8 Å². The minimum absolute atomic E-state index is 0.341. The number of hydrogen-bond donors (Lipinski definition) is 4. The number of nitrogens with two attached hydrogens (primary N) is 1. The van der Waals surface area contributed by atoms with E-state index >= 15 is 0 Å². The molecule has 0 aromatic carbocycles. The molecule has 0 aliphatic heterocycles. The van der Waals surface area contributed by atoms with E-state index in [1.807, 2.05) is 4.98 Å². The third-order valence-corrected chi connectivity index (χ3v) is 2.03. The maximum absolute atomic E-state index is 11.4. The van der Waals surface area contributed by atoms with Crippen LogP contribution in [-0.2, 0) is 16.1 Å². The first-order valence-corrected chi connectivity index (χ1v) is 4.94. The van der Waals surface area contributed by atoms with Crippen LogP contribution in [0, 0.1) is 0 Å². The van der Waals surface area contributed by atoms with Crippen LogP contribution in [0.25, 0.3) is 0 Å². The number of H-pyrrole nitrogens is 1. The number of aromatic amines is 1. The molecule has 0 saturated heterocycles. The number of nitrogens with one attached hydrogen (secondary N) is 2. The van der Waals surface area contributed by atoms with Crippen molar-refractivity contribution in [1.29, 1.82) is 0 Å².